The standard InChI is InChI=1S/C18H29N3O2/c1-18(2,3)23-17(22)21-15-5-6-16(21)10-14(9-15)19-11-13-7-8-20(4)12-13/h7-8,12,14-16,19H,5-6,9-11H2,1-4H3. The largest absolute Gasteiger partial charge is 0.444 e. The molecule has 2 unspecified atom stereocenters. The lowest BCUT2D eigenvalue weighted by Crippen LogP contribution is -2.52. The molecule has 0 radical (unpaired) electrons. The van der Waals surface area contributed by atoms with E-state index in [0.717, 1.165) is 32.2 Å². The molecule has 3 rings (SSSR count). The van der Waals surface area contributed by atoms with E-state index in [1.165, 1.54) is 5.56 Å². The molecule has 2 fully saturated rings. The molecule has 1 amide bonds. The third kappa shape index (κ3) is 3.89. The van der Waals surface area contributed by atoms with Gasteiger partial charge in [-0.15, -0.1) is 0 Å². The summed E-state index contributed by atoms with van der Waals surface area (Å²) in [6.45, 7) is 6.69. The van der Waals surface area contributed by atoms with Crippen LogP contribution in [-0.4, -0.2) is 39.3 Å². The van der Waals surface area contributed by atoms with Crippen molar-refractivity contribution in [1.82, 2.24) is 14.8 Å². The van der Waals surface area contributed by atoms with Crippen LogP contribution < -0.4 is 5.32 Å². The van der Waals surface area contributed by atoms with E-state index in [1.54, 1.807) is 0 Å². The number of aryl methyl sites for hydroxylation is 1. The normalized spacial score (nSPS) is 27.3. The number of carbonyl (C=O) groups is 1. The third-order valence-electron chi connectivity index (χ3n) is 4.83. The first-order valence-electron chi connectivity index (χ1n) is 8.67. The SMILES string of the molecule is Cn1ccc(CNC2CC3CCC(C2)N3C(=O)OC(C)(C)C)c1. The zero-order valence-electron chi connectivity index (χ0n) is 14.7. The molecule has 0 aliphatic carbocycles. The molecule has 1 aromatic rings. The van der Waals surface area contributed by atoms with Gasteiger partial charge in [0.25, 0.3) is 0 Å². The smallest absolute Gasteiger partial charge is 0.410 e. The summed E-state index contributed by atoms with van der Waals surface area (Å²) in [7, 11) is 2.04. The Morgan fingerprint density at radius 2 is 1.96 bits per heavy atom. The second-order valence-electron chi connectivity index (χ2n) is 8.01. The first-order chi connectivity index (χ1) is 10.8. The quantitative estimate of drug-likeness (QED) is 0.931. The van der Waals surface area contributed by atoms with Gasteiger partial charge in [-0.2, -0.15) is 0 Å². The fraction of sp³-hybridized carbons (Fsp3) is 0.722. The molecule has 1 aromatic heterocycles. The third-order valence-corrected chi connectivity index (χ3v) is 4.83. The van der Waals surface area contributed by atoms with Gasteiger partial charge in [0.1, 0.15) is 5.60 Å². The van der Waals surface area contributed by atoms with Gasteiger partial charge in [0.05, 0.1) is 0 Å². The van der Waals surface area contributed by atoms with Crippen molar-refractivity contribution in [1.29, 1.82) is 0 Å². The average molecular weight is 319 g/mol. The van der Waals surface area contributed by atoms with E-state index < -0.39 is 5.60 Å². The summed E-state index contributed by atoms with van der Waals surface area (Å²) < 4.78 is 7.66. The van der Waals surface area contributed by atoms with Crippen molar-refractivity contribution < 1.29 is 9.53 Å². The predicted octanol–water partition coefficient (Wildman–Crippen LogP) is 3.05. The predicted molar refractivity (Wildman–Crippen MR) is 90.2 cm³/mol. The Balaban J connectivity index is 1.55. The van der Waals surface area contributed by atoms with Gasteiger partial charge in [-0.1, -0.05) is 0 Å². The number of nitrogens with zero attached hydrogens (tertiary/aromatic N) is 2. The van der Waals surface area contributed by atoms with Gasteiger partial charge in [-0.05, 0) is 58.1 Å². The van der Waals surface area contributed by atoms with Gasteiger partial charge in [0.15, 0.2) is 0 Å². The monoisotopic (exact) mass is 319 g/mol. The summed E-state index contributed by atoms with van der Waals surface area (Å²) in [6, 6.07) is 3.30. The van der Waals surface area contributed by atoms with Gasteiger partial charge >= 0.3 is 6.09 Å². The van der Waals surface area contributed by atoms with Gasteiger partial charge in [-0.25, -0.2) is 4.79 Å². The maximum absolute atomic E-state index is 12.4. The summed E-state index contributed by atoms with van der Waals surface area (Å²) >= 11 is 0. The van der Waals surface area contributed by atoms with E-state index >= 15 is 0 Å². The first kappa shape index (κ1) is 16.4. The second-order valence-corrected chi connectivity index (χ2v) is 8.01. The van der Waals surface area contributed by atoms with Crippen molar-refractivity contribution >= 4 is 6.09 Å². The fourth-order valence-corrected chi connectivity index (χ4v) is 3.88. The van der Waals surface area contributed by atoms with E-state index in [2.05, 4.69) is 28.3 Å². The minimum Gasteiger partial charge on any atom is -0.444 e. The fourth-order valence-electron chi connectivity index (χ4n) is 3.88. The number of hydrogen-bond donors (Lipinski definition) is 1. The summed E-state index contributed by atoms with van der Waals surface area (Å²) in [5.74, 6) is 0. The molecule has 0 spiro atoms. The van der Waals surface area contributed by atoms with Crippen LogP contribution >= 0.6 is 0 Å². The molecule has 0 aromatic carbocycles. The number of nitrogens with one attached hydrogen (secondary N) is 1. The van der Waals surface area contributed by atoms with Crippen LogP contribution in [0.1, 0.15) is 52.0 Å². The maximum Gasteiger partial charge on any atom is 0.410 e. The van der Waals surface area contributed by atoms with E-state index in [1.807, 2.05) is 32.7 Å². The van der Waals surface area contributed by atoms with Crippen LogP contribution in [0.5, 0.6) is 0 Å². The van der Waals surface area contributed by atoms with Crippen LogP contribution in [0.3, 0.4) is 0 Å². The number of rotatable bonds is 3. The molecule has 5 heteroatoms. The van der Waals surface area contributed by atoms with Crippen molar-refractivity contribution in [3.8, 4) is 0 Å². The van der Waals surface area contributed by atoms with Gasteiger partial charge in [0.2, 0.25) is 0 Å². The van der Waals surface area contributed by atoms with Gasteiger partial charge in [0, 0.05) is 44.1 Å². The lowest BCUT2D eigenvalue weighted by molar-refractivity contribution is 0.00466. The molecule has 2 aliphatic rings. The van der Waals surface area contributed by atoms with Crippen molar-refractivity contribution in [3.05, 3.63) is 24.0 Å². The Bertz CT molecular complexity index is 547. The zero-order valence-corrected chi connectivity index (χ0v) is 14.7. The Kier molecular flexibility index (Phi) is 4.41. The molecule has 128 valence electrons. The Morgan fingerprint density at radius 1 is 1.30 bits per heavy atom. The molecule has 2 saturated heterocycles. The minimum absolute atomic E-state index is 0.133. The van der Waals surface area contributed by atoms with Crippen molar-refractivity contribution in [3.63, 3.8) is 0 Å². The van der Waals surface area contributed by atoms with Crippen LogP contribution in [0.25, 0.3) is 0 Å². The van der Waals surface area contributed by atoms with E-state index in [9.17, 15) is 4.79 Å². The number of aromatic nitrogens is 1. The highest BCUT2D eigenvalue weighted by Gasteiger charge is 2.44. The molecule has 2 bridgehead atoms. The lowest BCUT2D eigenvalue weighted by Gasteiger charge is -2.39. The summed E-state index contributed by atoms with van der Waals surface area (Å²) in [4.78, 5) is 14.4. The molecule has 0 saturated carbocycles. The van der Waals surface area contributed by atoms with Crippen molar-refractivity contribution in [2.75, 3.05) is 0 Å². The zero-order chi connectivity index (χ0) is 16.6. The Hall–Kier alpha value is -1.49. The van der Waals surface area contributed by atoms with Crippen LogP contribution in [0.4, 0.5) is 4.79 Å². The van der Waals surface area contributed by atoms with Crippen molar-refractivity contribution in [2.24, 2.45) is 7.05 Å². The lowest BCUT2D eigenvalue weighted by atomic mass is 9.97. The molecule has 1 N–H and O–H groups in total. The van der Waals surface area contributed by atoms with Crippen LogP contribution in [0, 0.1) is 0 Å². The average Bonchev–Trinajstić information content (AvgIpc) is 2.96. The van der Waals surface area contributed by atoms with Crippen LogP contribution in [0.2, 0.25) is 0 Å². The van der Waals surface area contributed by atoms with Gasteiger partial charge in [-0.3, -0.25) is 0 Å². The number of ether oxygens (including phenoxy) is 1. The molecule has 23 heavy (non-hydrogen) atoms. The molecule has 2 aliphatic heterocycles. The molecule has 3 heterocycles. The maximum atomic E-state index is 12.4. The summed E-state index contributed by atoms with van der Waals surface area (Å²) in [6.07, 6.45) is 8.36. The highest BCUT2D eigenvalue weighted by Crippen LogP contribution is 2.36. The second kappa shape index (κ2) is 6.19. The topological polar surface area (TPSA) is 46.5 Å². The van der Waals surface area contributed by atoms with Crippen LogP contribution in [-0.2, 0) is 18.3 Å². The van der Waals surface area contributed by atoms with Crippen LogP contribution in [0.15, 0.2) is 18.5 Å². The number of carbonyl (C=O) groups excluding carboxylic acids is 1. The molecular weight excluding hydrogens is 290 g/mol. The Morgan fingerprint density at radius 3 is 2.48 bits per heavy atom. The van der Waals surface area contributed by atoms with E-state index in [-0.39, 0.29) is 6.09 Å². The molecular formula is C18H29N3O2. The van der Waals surface area contributed by atoms with Crippen molar-refractivity contribution in [2.45, 2.75) is 76.7 Å². The first-order valence-corrected chi connectivity index (χ1v) is 8.67. The Labute approximate surface area is 139 Å². The number of amides is 1. The number of hydrogen-bond acceptors (Lipinski definition) is 3. The summed E-state index contributed by atoms with van der Waals surface area (Å²) in [5, 5.41) is 3.67. The highest BCUT2D eigenvalue weighted by molar-refractivity contribution is 5.69. The number of fused-ring (bicyclic) bond motifs is 2. The summed E-state index contributed by atoms with van der Waals surface area (Å²) in [5.41, 5.74) is 0.897. The van der Waals surface area contributed by atoms with E-state index in [0.29, 0.717) is 18.1 Å². The highest BCUT2D eigenvalue weighted by atomic mass is 16.6. The van der Waals surface area contributed by atoms with Gasteiger partial charge < -0.3 is 19.5 Å². The minimum atomic E-state index is -0.418. The van der Waals surface area contributed by atoms with E-state index in [4.69, 9.17) is 4.74 Å². The number of piperidine rings is 1. The molecule has 5 nitrogen and oxygen atoms in total. The molecule has 2 atom stereocenters.